The number of aromatic nitrogens is 1. The Labute approximate surface area is 218 Å². The third kappa shape index (κ3) is 3.78. The molecule has 37 heavy (non-hydrogen) atoms. The van der Waals surface area contributed by atoms with Gasteiger partial charge in [-0.2, -0.15) is 0 Å². The lowest BCUT2D eigenvalue weighted by Crippen LogP contribution is -2.39. The van der Waals surface area contributed by atoms with Gasteiger partial charge in [0.1, 0.15) is 5.75 Å². The quantitative estimate of drug-likeness (QED) is 0.401. The molecule has 3 aromatic carbocycles. The van der Waals surface area contributed by atoms with E-state index in [2.05, 4.69) is 18.2 Å². The predicted octanol–water partition coefficient (Wildman–Crippen LogP) is 4.34. The fourth-order valence-electron chi connectivity index (χ4n) is 5.35. The number of thiazole rings is 1. The number of ether oxygens (including phenoxy) is 3. The van der Waals surface area contributed by atoms with E-state index in [0.29, 0.717) is 26.6 Å². The lowest BCUT2D eigenvalue weighted by Gasteiger charge is -2.31. The number of methoxy groups -OCH3 is 3. The van der Waals surface area contributed by atoms with E-state index >= 15 is 0 Å². The van der Waals surface area contributed by atoms with Crippen LogP contribution in [-0.4, -0.2) is 25.9 Å². The number of rotatable bonds is 5. The molecular weight excluding hydrogens is 484 g/mol. The first-order valence-electron chi connectivity index (χ1n) is 12.1. The van der Waals surface area contributed by atoms with E-state index in [1.54, 1.807) is 21.3 Å². The molecule has 0 saturated heterocycles. The highest BCUT2D eigenvalue weighted by Gasteiger charge is 2.34. The summed E-state index contributed by atoms with van der Waals surface area (Å²) in [7, 11) is 4.90. The molecule has 0 N–H and O–H groups in total. The lowest BCUT2D eigenvalue weighted by atomic mass is 9.83. The maximum absolute atomic E-state index is 14.0. The minimum Gasteiger partial charge on any atom is -0.496 e. The molecule has 0 amide bonds. The van der Waals surface area contributed by atoms with Gasteiger partial charge in [0.25, 0.3) is 5.56 Å². The average molecular weight is 511 g/mol. The van der Waals surface area contributed by atoms with Gasteiger partial charge >= 0.3 is 0 Å². The van der Waals surface area contributed by atoms with Gasteiger partial charge in [-0.15, -0.1) is 0 Å². The Morgan fingerprint density at radius 2 is 1.65 bits per heavy atom. The first kappa shape index (κ1) is 23.3. The Bertz CT molecular complexity index is 1730. The molecule has 1 aliphatic heterocycles. The van der Waals surface area contributed by atoms with Crippen molar-refractivity contribution < 1.29 is 14.2 Å². The Kier molecular flexibility index (Phi) is 5.93. The predicted molar refractivity (Wildman–Crippen MR) is 145 cm³/mol. The Balaban J connectivity index is 1.66. The molecule has 0 radical (unpaired) electrons. The van der Waals surface area contributed by atoms with Gasteiger partial charge in [-0.05, 0) is 42.2 Å². The molecular formula is C30H26N2O4S. The Morgan fingerprint density at radius 1 is 0.892 bits per heavy atom. The van der Waals surface area contributed by atoms with Gasteiger partial charge in [0, 0.05) is 16.7 Å². The lowest BCUT2D eigenvalue weighted by molar-refractivity contribution is 0.348. The highest BCUT2D eigenvalue weighted by Crippen LogP contribution is 2.45. The van der Waals surface area contributed by atoms with Crippen molar-refractivity contribution in [3.63, 3.8) is 0 Å². The van der Waals surface area contributed by atoms with Crippen LogP contribution in [0.4, 0.5) is 0 Å². The number of hydrogen-bond acceptors (Lipinski definition) is 6. The van der Waals surface area contributed by atoms with Crippen molar-refractivity contribution in [3.05, 3.63) is 114 Å². The molecule has 0 spiro atoms. The first-order valence-corrected chi connectivity index (χ1v) is 12.9. The monoisotopic (exact) mass is 510 g/mol. The van der Waals surface area contributed by atoms with Gasteiger partial charge in [0.15, 0.2) is 16.3 Å². The van der Waals surface area contributed by atoms with E-state index in [-0.39, 0.29) is 11.6 Å². The van der Waals surface area contributed by atoms with Crippen molar-refractivity contribution in [1.82, 2.24) is 4.57 Å². The summed E-state index contributed by atoms with van der Waals surface area (Å²) in [5, 5.41) is 0. The molecule has 6 rings (SSSR count). The second-order valence-electron chi connectivity index (χ2n) is 8.94. The van der Waals surface area contributed by atoms with E-state index in [9.17, 15) is 4.79 Å². The first-order chi connectivity index (χ1) is 18.1. The van der Waals surface area contributed by atoms with Crippen molar-refractivity contribution in [3.8, 4) is 17.2 Å². The summed E-state index contributed by atoms with van der Waals surface area (Å²) >= 11 is 1.39. The number of para-hydroxylation sites is 2. The van der Waals surface area contributed by atoms with Gasteiger partial charge in [0.2, 0.25) is 0 Å². The van der Waals surface area contributed by atoms with Crippen LogP contribution in [0.15, 0.2) is 82.1 Å². The maximum atomic E-state index is 14.0. The second-order valence-corrected chi connectivity index (χ2v) is 9.95. The van der Waals surface area contributed by atoms with E-state index in [1.807, 2.05) is 59.2 Å². The molecule has 0 fully saturated rings. The largest absolute Gasteiger partial charge is 0.496 e. The Hall–Kier alpha value is -4.10. The topological polar surface area (TPSA) is 62.0 Å². The second kappa shape index (κ2) is 9.41. The van der Waals surface area contributed by atoms with Crippen molar-refractivity contribution in [2.75, 3.05) is 21.3 Å². The van der Waals surface area contributed by atoms with Crippen LogP contribution in [0.25, 0.3) is 11.8 Å². The van der Waals surface area contributed by atoms with Crippen molar-refractivity contribution in [1.29, 1.82) is 0 Å². The number of fused-ring (bicyclic) bond motifs is 3. The molecule has 2 aliphatic rings. The summed E-state index contributed by atoms with van der Waals surface area (Å²) in [6.45, 7) is 0. The third-order valence-corrected chi connectivity index (χ3v) is 8.01. The van der Waals surface area contributed by atoms with Gasteiger partial charge < -0.3 is 14.2 Å². The van der Waals surface area contributed by atoms with E-state index in [1.165, 1.54) is 16.9 Å². The smallest absolute Gasteiger partial charge is 0.271 e. The molecule has 7 heteroatoms. The molecule has 1 atom stereocenters. The van der Waals surface area contributed by atoms with Crippen LogP contribution in [0.5, 0.6) is 17.2 Å². The fraction of sp³-hybridized carbons (Fsp3) is 0.200. The number of nitrogens with zero attached hydrogens (tertiary/aromatic N) is 2. The van der Waals surface area contributed by atoms with Gasteiger partial charge in [-0.3, -0.25) is 9.36 Å². The number of allylic oxidation sites excluding steroid dienone is 1. The average Bonchev–Trinajstić information content (AvgIpc) is 3.25. The molecule has 0 saturated carbocycles. The summed E-state index contributed by atoms with van der Waals surface area (Å²) in [5.74, 6) is 1.97. The van der Waals surface area contributed by atoms with Gasteiger partial charge in [0.05, 0.1) is 37.6 Å². The highest BCUT2D eigenvalue weighted by atomic mass is 32.1. The molecule has 1 unspecified atom stereocenters. The summed E-state index contributed by atoms with van der Waals surface area (Å²) < 4.78 is 19.4. The van der Waals surface area contributed by atoms with E-state index in [0.717, 1.165) is 40.8 Å². The normalized spacial score (nSPS) is 16.4. The molecule has 0 bridgehead atoms. The summed E-state index contributed by atoms with van der Waals surface area (Å²) in [6.07, 6.45) is 3.58. The van der Waals surface area contributed by atoms with E-state index in [4.69, 9.17) is 19.2 Å². The van der Waals surface area contributed by atoms with Crippen LogP contribution in [0.2, 0.25) is 0 Å². The summed E-state index contributed by atoms with van der Waals surface area (Å²) in [4.78, 5) is 19.8. The molecule has 6 nitrogen and oxygen atoms in total. The molecule has 4 aromatic rings. The SMILES string of the molecule is COc1ccccc1C=c1sc2n(c1=O)C(c1cccc(OC)c1OC)C1=C(N=2)c2ccccc2CC1. The van der Waals surface area contributed by atoms with Crippen molar-refractivity contribution >= 4 is 23.1 Å². The van der Waals surface area contributed by atoms with Crippen LogP contribution in [-0.2, 0) is 6.42 Å². The van der Waals surface area contributed by atoms with Gasteiger partial charge in [-0.25, -0.2) is 4.99 Å². The standard InChI is InChI=1S/C30H26N2O4S/c1-34-23-13-7-5-10-19(23)17-25-29(33)32-27(22-12-8-14-24(35-2)28(22)36-3)21-16-15-18-9-4-6-11-20(18)26(21)31-30(32)37-25/h4-14,17,27H,15-16H2,1-3H3. The van der Waals surface area contributed by atoms with Crippen molar-refractivity contribution in [2.45, 2.75) is 18.9 Å². The molecule has 2 heterocycles. The summed E-state index contributed by atoms with van der Waals surface area (Å²) in [6, 6.07) is 21.6. The zero-order valence-corrected chi connectivity index (χ0v) is 21.7. The maximum Gasteiger partial charge on any atom is 0.271 e. The fourth-order valence-corrected chi connectivity index (χ4v) is 6.34. The minimum absolute atomic E-state index is 0.0880. The van der Waals surface area contributed by atoms with Crippen LogP contribution < -0.4 is 29.1 Å². The van der Waals surface area contributed by atoms with Crippen LogP contribution in [0.3, 0.4) is 0 Å². The number of aryl methyl sites for hydroxylation is 1. The zero-order chi connectivity index (χ0) is 25.5. The third-order valence-electron chi connectivity index (χ3n) is 7.03. The highest BCUT2D eigenvalue weighted by molar-refractivity contribution is 7.07. The van der Waals surface area contributed by atoms with E-state index < -0.39 is 0 Å². The van der Waals surface area contributed by atoms with Crippen LogP contribution >= 0.6 is 11.3 Å². The Morgan fingerprint density at radius 3 is 2.46 bits per heavy atom. The number of hydrogen-bond donors (Lipinski definition) is 0. The minimum atomic E-state index is -0.357. The van der Waals surface area contributed by atoms with Crippen LogP contribution in [0.1, 0.15) is 34.7 Å². The molecule has 1 aliphatic carbocycles. The van der Waals surface area contributed by atoms with Crippen LogP contribution in [0, 0.1) is 0 Å². The van der Waals surface area contributed by atoms with Gasteiger partial charge in [-0.1, -0.05) is 65.9 Å². The molecule has 186 valence electrons. The molecule has 1 aromatic heterocycles. The zero-order valence-electron chi connectivity index (χ0n) is 20.9. The van der Waals surface area contributed by atoms with Crippen molar-refractivity contribution in [2.24, 2.45) is 4.99 Å². The number of benzene rings is 3. The summed E-state index contributed by atoms with van der Waals surface area (Å²) in [5.41, 5.74) is 6.10.